The predicted octanol–water partition coefficient (Wildman–Crippen LogP) is 3.01. The average Bonchev–Trinajstić information content (AvgIpc) is 2.83. The molecule has 4 nitrogen and oxygen atoms in total. The molecule has 0 amide bonds. The molecule has 0 aliphatic rings. The van der Waals surface area contributed by atoms with Crippen molar-refractivity contribution in [3.63, 3.8) is 0 Å². The van der Waals surface area contributed by atoms with Gasteiger partial charge in [-0.15, -0.1) is 0 Å². The van der Waals surface area contributed by atoms with Gasteiger partial charge in [-0.05, 0) is 12.1 Å². The Kier molecular flexibility index (Phi) is 3.88. The maximum absolute atomic E-state index is 13.7. The summed E-state index contributed by atoms with van der Waals surface area (Å²) in [4.78, 5) is 11.8. The lowest BCUT2D eigenvalue weighted by Crippen LogP contribution is -2.26. The molecule has 20 heavy (non-hydrogen) atoms. The highest BCUT2D eigenvalue weighted by atomic mass is 19.1. The third-order valence-electron chi connectivity index (χ3n) is 2.88. The summed E-state index contributed by atoms with van der Waals surface area (Å²) in [5.41, 5.74) is -0.182. The van der Waals surface area contributed by atoms with E-state index >= 15 is 0 Å². The van der Waals surface area contributed by atoms with Gasteiger partial charge in [-0.25, -0.2) is 4.39 Å². The summed E-state index contributed by atoms with van der Waals surface area (Å²) in [6.07, 6.45) is 1.50. The molecule has 0 aliphatic heterocycles. The van der Waals surface area contributed by atoms with Crippen molar-refractivity contribution in [3.05, 3.63) is 42.3 Å². The van der Waals surface area contributed by atoms with Crippen LogP contribution in [0.5, 0.6) is 5.88 Å². The van der Waals surface area contributed by atoms with Crippen molar-refractivity contribution in [1.82, 2.24) is 9.78 Å². The molecular formula is C15H17FN2O2. The lowest BCUT2D eigenvalue weighted by Gasteiger charge is -2.17. The molecule has 5 heteroatoms. The van der Waals surface area contributed by atoms with Crippen LogP contribution in [0.25, 0.3) is 5.69 Å². The number of Topliss-reactive ketones (excluding diaryl/α,β-unsaturated/α-hetero) is 1. The van der Waals surface area contributed by atoms with Crippen LogP contribution in [0, 0.1) is 11.2 Å². The first-order valence-corrected chi connectivity index (χ1v) is 6.34. The van der Waals surface area contributed by atoms with E-state index in [1.54, 1.807) is 24.3 Å². The molecule has 0 atom stereocenters. The summed E-state index contributed by atoms with van der Waals surface area (Å²) in [7, 11) is 0. The molecule has 0 fully saturated rings. The maximum atomic E-state index is 13.7. The van der Waals surface area contributed by atoms with Crippen LogP contribution < -0.4 is 4.74 Å². The highest BCUT2D eigenvalue weighted by Gasteiger charge is 2.22. The molecule has 0 radical (unpaired) electrons. The van der Waals surface area contributed by atoms with Crippen LogP contribution in [0.4, 0.5) is 4.39 Å². The number of nitrogens with zero attached hydrogens (tertiary/aromatic N) is 2. The van der Waals surface area contributed by atoms with E-state index in [0.29, 0.717) is 5.88 Å². The van der Waals surface area contributed by atoms with Crippen LogP contribution in [0.15, 0.2) is 36.5 Å². The summed E-state index contributed by atoms with van der Waals surface area (Å²) in [5, 5.41) is 4.03. The van der Waals surface area contributed by atoms with E-state index in [0.717, 1.165) is 0 Å². The molecule has 0 unspecified atom stereocenters. The van der Waals surface area contributed by atoms with Crippen LogP contribution in [0.3, 0.4) is 0 Å². The summed E-state index contributed by atoms with van der Waals surface area (Å²) < 4.78 is 20.5. The SMILES string of the molecule is CC(C)(C)C(=O)COc1ccnn1-c1ccccc1F. The third kappa shape index (κ3) is 3.04. The molecule has 0 saturated heterocycles. The number of aromatic nitrogens is 2. The van der Waals surface area contributed by atoms with E-state index in [1.165, 1.54) is 16.9 Å². The first-order valence-electron chi connectivity index (χ1n) is 6.34. The highest BCUT2D eigenvalue weighted by molar-refractivity contribution is 5.85. The van der Waals surface area contributed by atoms with Crippen molar-refractivity contribution in [2.45, 2.75) is 20.8 Å². The van der Waals surface area contributed by atoms with Crippen LogP contribution in [0.2, 0.25) is 0 Å². The topological polar surface area (TPSA) is 44.1 Å². The van der Waals surface area contributed by atoms with E-state index in [9.17, 15) is 9.18 Å². The molecular weight excluding hydrogens is 259 g/mol. The monoisotopic (exact) mass is 276 g/mol. The Morgan fingerprint density at radius 3 is 2.65 bits per heavy atom. The number of rotatable bonds is 4. The Balaban J connectivity index is 2.18. The van der Waals surface area contributed by atoms with E-state index in [4.69, 9.17) is 4.74 Å². The highest BCUT2D eigenvalue weighted by Crippen LogP contribution is 2.21. The molecule has 106 valence electrons. The largest absolute Gasteiger partial charge is 0.470 e. The Morgan fingerprint density at radius 2 is 2.00 bits per heavy atom. The van der Waals surface area contributed by atoms with E-state index in [-0.39, 0.29) is 18.1 Å². The van der Waals surface area contributed by atoms with Gasteiger partial charge in [0.25, 0.3) is 0 Å². The molecule has 0 spiro atoms. The number of para-hydroxylation sites is 1. The molecule has 2 aromatic rings. The van der Waals surface area contributed by atoms with Gasteiger partial charge in [-0.1, -0.05) is 32.9 Å². The zero-order valence-corrected chi connectivity index (χ0v) is 11.8. The number of ketones is 1. The van der Waals surface area contributed by atoms with Gasteiger partial charge in [-0.2, -0.15) is 9.78 Å². The first kappa shape index (κ1) is 14.2. The molecule has 1 aromatic carbocycles. The molecule has 0 N–H and O–H groups in total. The average molecular weight is 276 g/mol. The van der Waals surface area contributed by atoms with Gasteiger partial charge in [0.15, 0.2) is 5.78 Å². The summed E-state index contributed by atoms with van der Waals surface area (Å²) in [6, 6.07) is 7.86. The third-order valence-corrected chi connectivity index (χ3v) is 2.88. The van der Waals surface area contributed by atoms with Gasteiger partial charge in [-0.3, -0.25) is 4.79 Å². The van der Waals surface area contributed by atoms with Crippen LogP contribution >= 0.6 is 0 Å². The van der Waals surface area contributed by atoms with Gasteiger partial charge in [0, 0.05) is 11.5 Å². The van der Waals surface area contributed by atoms with Crippen LogP contribution in [-0.2, 0) is 4.79 Å². The Hall–Kier alpha value is -2.17. The van der Waals surface area contributed by atoms with Crippen molar-refractivity contribution in [2.75, 3.05) is 6.61 Å². The number of carbonyl (C=O) groups is 1. The lowest BCUT2D eigenvalue weighted by molar-refractivity contribution is -0.128. The van der Waals surface area contributed by atoms with E-state index in [2.05, 4.69) is 5.10 Å². The number of carbonyl (C=O) groups excluding carboxylic acids is 1. The van der Waals surface area contributed by atoms with Crippen molar-refractivity contribution < 1.29 is 13.9 Å². The minimum Gasteiger partial charge on any atom is -0.470 e. The normalized spacial score (nSPS) is 11.4. The maximum Gasteiger partial charge on any atom is 0.217 e. The second kappa shape index (κ2) is 5.45. The van der Waals surface area contributed by atoms with Gasteiger partial charge in [0.05, 0.1) is 6.20 Å². The summed E-state index contributed by atoms with van der Waals surface area (Å²) in [5.74, 6) is -0.0883. The van der Waals surface area contributed by atoms with Crippen molar-refractivity contribution in [1.29, 1.82) is 0 Å². The lowest BCUT2D eigenvalue weighted by atomic mass is 9.91. The van der Waals surface area contributed by atoms with Gasteiger partial charge in [0.2, 0.25) is 5.88 Å². The fourth-order valence-electron chi connectivity index (χ4n) is 1.56. The quantitative estimate of drug-likeness (QED) is 0.862. The number of hydrogen-bond donors (Lipinski definition) is 0. The van der Waals surface area contributed by atoms with E-state index in [1.807, 2.05) is 20.8 Å². The molecule has 1 heterocycles. The Labute approximate surface area is 117 Å². The fraction of sp³-hybridized carbons (Fsp3) is 0.333. The number of halogens is 1. The van der Waals surface area contributed by atoms with Crippen LogP contribution in [-0.4, -0.2) is 22.2 Å². The Bertz CT molecular complexity index is 614. The standard InChI is InChI=1S/C15H17FN2O2/c1-15(2,3)13(19)10-20-14-8-9-17-18(14)12-7-5-4-6-11(12)16/h4-9H,10H2,1-3H3. The minimum atomic E-state index is -0.469. The smallest absolute Gasteiger partial charge is 0.217 e. The summed E-state index contributed by atoms with van der Waals surface area (Å²) in [6.45, 7) is 5.41. The number of ether oxygens (including phenoxy) is 1. The zero-order valence-electron chi connectivity index (χ0n) is 11.8. The van der Waals surface area contributed by atoms with Crippen molar-refractivity contribution >= 4 is 5.78 Å². The Morgan fingerprint density at radius 1 is 1.30 bits per heavy atom. The van der Waals surface area contributed by atoms with Gasteiger partial charge in [0.1, 0.15) is 18.1 Å². The molecule has 2 rings (SSSR count). The second-order valence-electron chi connectivity index (χ2n) is 5.49. The predicted molar refractivity (Wildman–Crippen MR) is 73.5 cm³/mol. The second-order valence-corrected chi connectivity index (χ2v) is 5.49. The van der Waals surface area contributed by atoms with E-state index < -0.39 is 11.2 Å². The van der Waals surface area contributed by atoms with Crippen molar-refractivity contribution in [2.24, 2.45) is 5.41 Å². The number of hydrogen-bond acceptors (Lipinski definition) is 3. The summed E-state index contributed by atoms with van der Waals surface area (Å²) >= 11 is 0. The van der Waals surface area contributed by atoms with Gasteiger partial charge < -0.3 is 4.74 Å². The molecule has 1 aromatic heterocycles. The number of benzene rings is 1. The van der Waals surface area contributed by atoms with Crippen molar-refractivity contribution in [3.8, 4) is 11.6 Å². The molecule has 0 aliphatic carbocycles. The first-order chi connectivity index (χ1) is 9.39. The van der Waals surface area contributed by atoms with Crippen LogP contribution in [0.1, 0.15) is 20.8 Å². The molecule has 0 saturated carbocycles. The zero-order chi connectivity index (χ0) is 14.8. The fourth-order valence-corrected chi connectivity index (χ4v) is 1.56. The minimum absolute atomic E-state index is 0.0289. The molecule has 0 bridgehead atoms. The van der Waals surface area contributed by atoms with Gasteiger partial charge >= 0.3 is 0 Å².